The summed E-state index contributed by atoms with van der Waals surface area (Å²) in [4.78, 5) is 0. The van der Waals surface area contributed by atoms with E-state index < -0.39 is 0 Å². The van der Waals surface area contributed by atoms with Gasteiger partial charge in [-0.1, -0.05) is 36.4 Å². The summed E-state index contributed by atoms with van der Waals surface area (Å²) in [6.45, 7) is 0. The molecule has 0 aromatic heterocycles. The molecule has 1 fully saturated rings. The van der Waals surface area contributed by atoms with Crippen molar-refractivity contribution >= 4 is 5.57 Å². The Morgan fingerprint density at radius 2 is 1.50 bits per heavy atom. The van der Waals surface area contributed by atoms with Gasteiger partial charge in [-0.05, 0) is 52.1 Å². The molecular formula is C20H12N2. The zero-order valence-electron chi connectivity index (χ0n) is 11.8. The predicted molar refractivity (Wildman–Crippen MR) is 82.8 cm³/mol. The maximum atomic E-state index is 9.50. The molecule has 5 rings (SSSR count). The Hall–Kier alpha value is -2.84. The number of allylic oxidation sites excluding steroid dienone is 2. The summed E-state index contributed by atoms with van der Waals surface area (Å²) < 4.78 is 0. The molecule has 1 saturated carbocycles. The molecule has 0 aliphatic heterocycles. The van der Waals surface area contributed by atoms with Gasteiger partial charge < -0.3 is 0 Å². The van der Waals surface area contributed by atoms with Gasteiger partial charge in [-0.2, -0.15) is 10.5 Å². The second kappa shape index (κ2) is 3.87. The molecule has 0 amide bonds. The minimum Gasteiger partial charge on any atom is -0.192 e. The van der Waals surface area contributed by atoms with Gasteiger partial charge in [0.2, 0.25) is 0 Å². The van der Waals surface area contributed by atoms with Crippen LogP contribution in [-0.4, -0.2) is 0 Å². The van der Waals surface area contributed by atoms with Crippen LogP contribution in [0.15, 0.2) is 48.5 Å². The SMILES string of the molecule is N#Cc1ccc(C#N)c2c1C1C(c3ccccc3)=CC3C2C13. The highest BCUT2D eigenvalue weighted by atomic mass is 14.7. The van der Waals surface area contributed by atoms with E-state index in [-0.39, 0.29) is 0 Å². The first-order valence-corrected chi connectivity index (χ1v) is 7.59. The summed E-state index contributed by atoms with van der Waals surface area (Å²) in [6, 6.07) is 18.7. The molecule has 0 radical (unpaired) electrons. The van der Waals surface area contributed by atoms with Crippen molar-refractivity contribution in [2.24, 2.45) is 11.8 Å². The van der Waals surface area contributed by atoms with E-state index in [1.165, 1.54) is 11.1 Å². The lowest BCUT2D eigenvalue weighted by molar-refractivity contribution is 0.761. The molecule has 2 heteroatoms. The zero-order valence-corrected chi connectivity index (χ0v) is 11.8. The van der Waals surface area contributed by atoms with Crippen LogP contribution in [0.1, 0.15) is 39.7 Å². The summed E-state index contributed by atoms with van der Waals surface area (Å²) >= 11 is 0. The van der Waals surface area contributed by atoms with Gasteiger partial charge in [-0.25, -0.2) is 0 Å². The van der Waals surface area contributed by atoms with E-state index in [1.807, 2.05) is 18.2 Å². The second-order valence-electron chi connectivity index (χ2n) is 6.36. The summed E-state index contributed by atoms with van der Waals surface area (Å²) in [6.07, 6.45) is 2.39. The van der Waals surface area contributed by atoms with Crippen molar-refractivity contribution in [1.82, 2.24) is 0 Å². The maximum absolute atomic E-state index is 9.50. The number of hydrogen-bond donors (Lipinski definition) is 0. The van der Waals surface area contributed by atoms with E-state index in [2.05, 4.69) is 42.5 Å². The van der Waals surface area contributed by atoms with E-state index in [4.69, 9.17) is 0 Å². The fourth-order valence-electron chi connectivity index (χ4n) is 4.69. The topological polar surface area (TPSA) is 47.6 Å². The third-order valence-corrected chi connectivity index (χ3v) is 5.50. The van der Waals surface area contributed by atoms with E-state index in [1.54, 1.807) is 0 Å². The lowest BCUT2D eigenvalue weighted by Gasteiger charge is -2.17. The highest BCUT2D eigenvalue weighted by molar-refractivity contribution is 5.83. The van der Waals surface area contributed by atoms with Crippen molar-refractivity contribution in [2.45, 2.75) is 11.8 Å². The first kappa shape index (κ1) is 11.8. The van der Waals surface area contributed by atoms with Crippen LogP contribution >= 0.6 is 0 Å². The molecule has 0 N–H and O–H groups in total. The van der Waals surface area contributed by atoms with Gasteiger partial charge in [0.15, 0.2) is 0 Å². The summed E-state index contributed by atoms with van der Waals surface area (Å²) in [5.41, 5.74) is 6.38. The lowest BCUT2D eigenvalue weighted by atomic mass is 9.85. The molecule has 0 saturated heterocycles. The Morgan fingerprint density at radius 1 is 0.818 bits per heavy atom. The monoisotopic (exact) mass is 280 g/mol. The summed E-state index contributed by atoms with van der Waals surface area (Å²) in [7, 11) is 0. The summed E-state index contributed by atoms with van der Waals surface area (Å²) in [5, 5.41) is 18.9. The lowest BCUT2D eigenvalue weighted by Crippen LogP contribution is -2.03. The summed E-state index contributed by atoms with van der Waals surface area (Å²) in [5.74, 6) is 1.91. The van der Waals surface area contributed by atoms with Crippen LogP contribution in [0.3, 0.4) is 0 Å². The fourth-order valence-corrected chi connectivity index (χ4v) is 4.69. The zero-order chi connectivity index (χ0) is 14.8. The molecule has 2 aromatic carbocycles. The Morgan fingerprint density at radius 3 is 2.18 bits per heavy atom. The van der Waals surface area contributed by atoms with Gasteiger partial charge in [0, 0.05) is 5.92 Å². The van der Waals surface area contributed by atoms with E-state index in [0.29, 0.717) is 23.7 Å². The number of fused-ring (bicyclic) bond motifs is 4. The van der Waals surface area contributed by atoms with Crippen LogP contribution in [0.2, 0.25) is 0 Å². The van der Waals surface area contributed by atoms with Gasteiger partial charge in [-0.15, -0.1) is 0 Å². The van der Waals surface area contributed by atoms with Crippen molar-refractivity contribution in [2.75, 3.05) is 0 Å². The molecule has 0 heterocycles. The molecule has 4 unspecified atom stereocenters. The van der Waals surface area contributed by atoms with E-state index >= 15 is 0 Å². The van der Waals surface area contributed by atoms with Crippen molar-refractivity contribution in [1.29, 1.82) is 10.5 Å². The number of hydrogen-bond acceptors (Lipinski definition) is 2. The van der Waals surface area contributed by atoms with Crippen molar-refractivity contribution in [3.8, 4) is 12.1 Å². The molecule has 102 valence electrons. The first-order valence-electron chi connectivity index (χ1n) is 7.59. The van der Waals surface area contributed by atoms with Gasteiger partial charge in [0.25, 0.3) is 0 Å². The van der Waals surface area contributed by atoms with Gasteiger partial charge in [-0.3, -0.25) is 0 Å². The minimum absolute atomic E-state index is 0.301. The Labute approximate surface area is 128 Å². The largest absolute Gasteiger partial charge is 0.192 e. The van der Waals surface area contributed by atoms with Crippen molar-refractivity contribution < 1.29 is 0 Å². The van der Waals surface area contributed by atoms with Crippen molar-refractivity contribution in [3.05, 3.63) is 76.4 Å². The Bertz CT molecular complexity index is 925. The van der Waals surface area contributed by atoms with Crippen molar-refractivity contribution in [3.63, 3.8) is 0 Å². The standard InChI is InChI=1S/C20H12N2/c21-9-12-6-7-13(10-22)17-16(12)18-14(8-15-19(17)20(15)18)11-4-2-1-3-5-11/h1-8,15,18-20H. The Kier molecular flexibility index (Phi) is 2.07. The highest BCUT2D eigenvalue weighted by Crippen LogP contribution is 2.75. The molecule has 3 aliphatic carbocycles. The van der Waals surface area contributed by atoms with Crippen LogP contribution in [0.4, 0.5) is 0 Å². The predicted octanol–water partition coefficient (Wildman–Crippen LogP) is 3.95. The molecule has 2 nitrogen and oxygen atoms in total. The molecule has 22 heavy (non-hydrogen) atoms. The number of nitrogens with zero attached hydrogens (tertiary/aromatic N) is 2. The normalized spacial score (nSPS) is 29.1. The average Bonchev–Trinajstić information content (AvgIpc) is 3.01. The van der Waals surface area contributed by atoms with Crippen LogP contribution in [0, 0.1) is 34.5 Å². The van der Waals surface area contributed by atoms with E-state index in [0.717, 1.165) is 22.3 Å². The van der Waals surface area contributed by atoms with Crippen LogP contribution in [0.25, 0.3) is 5.57 Å². The van der Waals surface area contributed by atoms with Gasteiger partial charge in [0.1, 0.15) is 0 Å². The first-order chi connectivity index (χ1) is 10.8. The Balaban J connectivity index is 1.75. The van der Waals surface area contributed by atoms with Gasteiger partial charge in [0.05, 0.1) is 23.3 Å². The molecule has 0 bridgehead atoms. The molecule has 3 aliphatic rings. The maximum Gasteiger partial charge on any atom is 0.0994 e. The molecule has 0 spiro atoms. The van der Waals surface area contributed by atoms with Gasteiger partial charge >= 0.3 is 0 Å². The van der Waals surface area contributed by atoms with E-state index in [9.17, 15) is 10.5 Å². The number of nitriles is 2. The highest BCUT2D eigenvalue weighted by Gasteiger charge is 2.65. The smallest absolute Gasteiger partial charge is 0.0994 e. The molecule has 2 aromatic rings. The third-order valence-electron chi connectivity index (χ3n) is 5.50. The van der Waals surface area contributed by atoms with Crippen LogP contribution < -0.4 is 0 Å². The number of rotatable bonds is 1. The van der Waals surface area contributed by atoms with Crippen LogP contribution in [-0.2, 0) is 0 Å². The minimum atomic E-state index is 0.301. The second-order valence-corrected chi connectivity index (χ2v) is 6.36. The van der Waals surface area contributed by atoms with Crippen LogP contribution in [0.5, 0.6) is 0 Å². The fraction of sp³-hybridized carbons (Fsp3) is 0.200. The molecular weight excluding hydrogens is 268 g/mol. The number of benzene rings is 2. The average molecular weight is 280 g/mol. The third kappa shape index (κ3) is 1.24. The molecule has 4 atom stereocenters. The quantitative estimate of drug-likeness (QED) is 0.794.